The van der Waals surface area contributed by atoms with E-state index in [2.05, 4.69) is 5.32 Å². The average Bonchev–Trinajstić information content (AvgIpc) is 3.23. The molecule has 0 aliphatic carbocycles. The molecular weight excluding hydrogens is 470 g/mol. The fraction of sp³-hybridized carbons (Fsp3) is 0.370. The fourth-order valence-corrected chi connectivity index (χ4v) is 3.94. The molecule has 2 atom stereocenters. The van der Waals surface area contributed by atoms with Gasteiger partial charge in [0.25, 0.3) is 0 Å². The van der Waals surface area contributed by atoms with Crippen molar-refractivity contribution in [3.8, 4) is 0 Å². The Labute approximate surface area is 208 Å². The van der Waals surface area contributed by atoms with Crippen LogP contribution in [0.2, 0.25) is 0 Å². The predicted octanol–water partition coefficient (Wildman–Crippen LogP) is 4.94. The summed E-state index contributed by atoms with van der Waals surface area (Å²) < 4.78 is 33.8. The second-order valence-corrected chi connectivity index (χ2v) is 10.2. The highest BCUT2D eigenvalue weighted by atomic mass is 19.1. The topological polar surface area (TPSA) is 95.9 Å². The lowest BCUT2D eigenvalue weighted by Gasteiger charge is -2.36. The molecule has 1 aliphatic rings. The highest BCUT2D eigenvalue weighted by Gasteiger charge is 2.47. The van der Waals surface area contributed by atoms with Crippen LogP contribution in [0.4, 0.5) is 13.6 Å². The minimum atomic E-state index is -1.72. The number of ether oxygens (including phenoxy) is 1. The van der Waals surface area contributed by atoms with Gasteiger partial charge in [-0.05, 0) is 64.0 Å². The SMILES string of the molecule is CC(C)(C)OC(=O)N[C@H](C(=O)N1CC(c2cc(F)ccc2F)=CC1c1ccccc1)C(C)(C)C(=O)O. The first-order valence-corrected chi connectivity index (χ1v) is 11.4. The molecular formula is C27H30F2N2O5. The van der Waals surface area contributed by atoms with Crippen LogP contribution in [0.25, 0.3) is 5.57 Å². The van der Waals surface area contributed by atoms with Crippen molar-refractivity contribution in [2.24, 2.45) is 5.41 Å². The van der Waals surface area contributed by atoms with Gasteiger partial charge in [-0.3, -0.25) is 9.59 Å². The van der Waals surface area contributed by atoms with E-state index in [1.807, 2.05) is 0 Å². The molecule has 9 heteroatoms. The number of nitrogens with zero attached hydrogens (tertiary/aromatic N) is 1. The van der Waals surface area contributed by atoms with Gasteiger partial charge >= 0.3 is 12.1 Å². The predicted molar refractivity (Wildman–Crippen MR) is 130 cm³/mol. The van der Waals surface area contributed by atoms with Gasteiger partial charge in [0.15, 0.2) is 0 Å². The maximum Gasteiger partial charge on any atom is 0.408 e. The Bertz CT molecular complexity index is 1190. The Kier molecular flexibility index (Phi) is 7.52. The maximum absolute atomic E-state index is 14.6. The van der Waals surface area contributed by atoms with Crippen LogP contribution >= 0.6 is 0 Å². The minimum Gasteiger partial charge on any atom is -0.481 e. The molecule has 0 bridgehead atoms. The molecule has 0 aromatic heterocycles. The van der Waals surface area contributed by atoms with Gasteiger partial charge in [-0.25, -0.2) is 13.6 Å². The van der Waals surface area contributed by atoms with Crippen molar-refractivity contribution >= 4 is 23.5 Å². The first-order chi connectivity index (χ1) is 16.7. The van der Waals surface area contributed by atoms with Crippen molar-refractivity contribution in [3.63, 3.8) is 0 Å². The lowest BCUT2D eigenvalue weighted by atomic mass is 9.83. The van der Waals surface area contributed by atoms with Crippen LogP contribution < -0.4 is 5.32 Å². The van der Waals surface area contributed by atoms with Crippen LogP contribution in [-0.2, 0) is 14.3 Å². The summed E-state index contributed by atoms with van der Waals surface area (Å²) in [5.41, 5.74) is -1.56. The van der Waals surface area contributed by atoms with Crippen LogP contribution in [0, 0.1) is 17.0 Å². The van der Waals surface area contributed by atoms with E-state index in [-0.39, 0.29) is 12.1 Å². The third-order valence-corrected chi connectivity index (χ3v) is 5.91. The number of hydrogen-bond donors (Lipinski definition) is 2. The molecule has 3 rings (SSSR count). The quantitative estimate of drug-likeness (QED) is 0.586. The van der Waals surface area contributed by atoms with Gasteiger partial charge in [-0.2, -0.15) is 0 Å². The highest BCUT2D eigenvalue weighted by molar-refractivity contribution is 5.94. The lowest BCUT2D eigenvalue weighted by Crippen LogP contribution is -2.58. The second kappa shape index (κ2) is 10.1. The van der Waals surface area contributed by atoms with E-state index >= 15 is 0 Å². The number of nitrogens with one attached hydrogen (secondary N) is 1. The first-order valence-electron chi connectivity index (χ1n) is 11.4. The molecule has 1 heterocycles. The number of alkyl carbamates (subject to hydrolysis) is 1. The van der Waals surface area contributed by atoms with Gasteiger partial charge in [0, 0.05) is 12.1 Å². The van der Waals surface area contributed by atoms with Crippen LogP contribution in [0.3, 0.4) is 0 Å². The van der Waals surface area contributed by atoms with Crippen LogP contribution in [-0.4, -0.2) is 46.2 Å². The Hall–Kier alpha value is -3.75. The summed E-state index contributed by atoms with van der Waals surface area (Å²) in [5.74, 6) is -3.30. The number of halogens is 2. The van der Waals surface area contributed by atoms with E-state index in [4.69, 9.17) is 4.74 Å². The van der Waals surface area contributed by atoms with Crippen molar-refractivity contribution < 1.29 is 33.0 Å². The molecule has 2 amide bonds. The first kappa shape index (κ1) is 26.8. The number of amides is 2. The Balaban J connectivity index is 2.04. The van der Waals surface area contributed by atoms with Gasteiger partial charge < -0.3 is 20.1 Å². The molecule has 0 radical (unpaired) electrons. The zero-order valence-corrected chi connectivity index (χ0v) is 20.8. The third kappa shape index (κ3) is 5.90. The van der Waals surface area contributed by atoms with Gasteiger partial charge in [0.1, 0.15) is 23.3 Å². The van der Waals surface area contributed by atoms with Crippen LogP contribution in [0.15, 0.2) is 54.6 Å². The monoisotopic (exact) mass is 500 g/mol. The van der Waals surface area contributed by atoms with E-state index in [1.165, 1.54) is 18.7 Å². The molecule has 2 aromatic rings. The number of carboxylic acid groups (broad SMARTS) is 1. The van der Waals surface area contributed by atoms with E-state index < -0.39 is 52.7 Å². The summed E-state index contributed by atoms with van der Waals surface area (Å²) in [6.07, 6.45) is 0.693. The number of carboxylic acids is 1. The zero-order chi connectivity index (χ0) is 26.8. The number of carbonyl (C=O) groups excluding carboxylic acids is 2. The molecule has 2 N–H and O–H groups in total. The van der Waals surface area contributed by atoms with Gasteiger partial charge in [-0.1, -0.05) is 36.4 Å². The van der Waals surface area contributed by atoms with Gasteiger partial charge in [-0.15, -0.1) is 0 Å². The molecule has 192 valence electrons. The minimum absolute atomic E-state index is 0.000349. The van der Waals surface area contributed by atoms with Gasteiger partial charge in [0.2, 0.25) is 5.91 Å². The summed E-state index contributed by atoms with van der Waals surface area (Å²) >= 11 is 0. The molecule has 0 spiro atoms. The summed E-state index contributed by atoms with van der Waals surface area (Å²) in [6, 6.07) is 9.71. The van der Waals surface area contributed by atoms with Crippen molar-refractivity contribution in [3.05, 3.63) is 77.4 Å². The fourth-order valence-electron chi connectivity index (χ4n) is 3.94. The molecule has 36 heavy (non-hydrogen) atoms. The molecule has 0 saturated heterocycles. The van der Waals surface area contributed by atoms with Crippen LogP contribution in [0.5, 0.6) is 0 Å². The number of rotatable bonds is 6. The van der Waals surface area contributed by atoms with Gasteiger partial charge in [0.05, 0.1) is 11.5 Å². The molecule has 0 fully saturated rings. The zero-order valence-electron chi connectivity index (χ0n) is 20.8. The Morgan fingerprint density at radius 1 is 1.06 bits per heavy atom. The molecule has 7 nitrogen and oxygen atoms in total. The van der Waals surface area contributed by atoms with Crippen molar-refractivity contribution in [1.82, 2.24) is 10.2 Å². The largest absolute Gasteiger partial charge is 0.481 e. The van der Waals surface area contributed by atoms with Crippen molar-refractivity contribution in [2.75, 3.05) is 6.54 Å². The third-order valence-electron chi connectivity index (χ3n) is 5.91. The second-order valence-electron chi connectivity index (χ2n) is 10.2. The molecule has 1 aliphatic heterocycles. The Morgan fingerprint density at radius 2 is 1.69 bits per heavy atom. The number of carbonyl (C=O) groups is 3. The summed E-state index contributed by atoms with van der Waals surface area (Å²) in [7, 11) is 0. The highest BCUT2D eigenvalue weighted by Crippen LogP contribution is 2.37. The molecule has 1 unspecified atom stereocenters. The normalized spacial score (nSPS) is 16.8. The average molecular weight is 501 g/mol. The maximum atomic E-state index is 14.6. The summed E-state index contributed by atoms with van der Waals surface area (Å²) in [4.78, 5) is 39.9. The number of hydrogen-bond acceptors (Lipinski definition) is 4. The van der Waals surface area contributed by atoms with Crippen molar-refractivity contribution in [1.29, 1.82) is 0 Å². The van der Waals surface area contributed by atoms with E-state index in [9.17, 15) is 28.3 Å². The van der Waals surface area contributed by atoms with E-state index in [0.29, 0.717) is 11.1 Å². The number of aliphatic carboxylic acids is 1. The standard InChI is InChI=1S/C27H30F2N2O5/c1-26(2,3)36-25(35)30-22(27(4,5)24(33)34)23(32)31-15-17(19-14-18(28)11-12-20(19)29)13-21(31)16-9-7-6-8-10-16/h6-14,21-22H,15H2,1-5H3,(H,30,35)(H,33,34)/t21?,22-/m1/s1. The van der Waals surface area contributed by atoms with E-state index in [1.54, 1.807) is 57.2 Å². The summed E-state index contributed by atoms with van der Waals surface area (Å²) in [6.45, 7) is 7.44. The summed E-state index contributed by atoms with van der Waals surface area (Å²) in [5, 5.41) is 12.3. The van der Waals surface area contributed by atoms with Crippen LogP contribution in [0.1, 0.15) is 51.8 Å². The van der Waals surface area contributed by atoms with Crippen molar-refractivity contribution in [2.45, 2.75) is 52.3 Å². The van der Waals surface area contributed by atoms with E-state index in [0.717, 1.165) is 18.2 Å². The number of benzene rings is 2. The smallest absolute Gasteiger partial charge is 0.408 e. The molecule has 2 aromatic carbocycles. The molecule has 0 saturated carbocycles. The lowest BCUT2D eigenvalue weighted by molar-refractivity contribution is -0.154. The Morgan fingerprint density at radius 3 is 2.28 bits per heavy atom.